The third-order valence-corrected chi connectivity index (χ3v) is 4.10. The van der Waals surface area contributed by atoms with Gasteiger partial charge < -0.3 is 4.74 Å². The van der Waals surface area contributed by atoms with Crippen molar-refractivity contribution in [3.8, 4) is 5.75 Å². The van der Waals surface area contributed by atoms with Gasteiger partial charge in [0.05, 0.1) is 0 Å². The molecule has 0 aliphatic carbocycles. The molecule has 0 saturated heterocycles. The smallest absolute Gasteiger partial charge is 0.123 e. The van der Waals surface area contributed by atoms with E-state index in [1.54, 1.807) is 17.4 Å². The number of halogens is 1. The van der Waals surface area contributed by atoms with E-state index in [9.17, 15) is 4.39 Å². The fourth-order valence-electron chi connectivity index (χ4n) is 2.04. The van der Waals surface area contributed by atoms with Gasteiger partial charge in [-0.05, 0) is 42.1 Å². The number of aryl methyl sites for hydroxylation is 1. The first-order valence-electron chi connectivity index (χ1n) is 6.08. The number of thiophene rings is 1. The molecule has 1 nitrogen and oxygen atoms in total. The van der Waals surface area contributed by atoms with E-state index in [1.165, 1.54) is 6.07 Å². The average Bonchev–Trinajstić information content (AvgIpc) is 2.80. The largest absolute Gasteiger partial charge is 0.489 e. The molecule has 2 aromatic carbocycles. The highest BCUT2D eigenvalue weighted by Crippen LogP contribution is 2.28. The summed E-state index contributed by atoms with van der Waals surface area (Å²) in [6.07, 6.45) is 0. The highest BCUT2D eigenvalue weighted by molar-refractivity contribution is 7.17. The maximum absolute atomic E-state index is 13.3. The first-order chi connectivity index (χ1) is 9.24. The van der Waals surface area contributed by atoms with Gasteiger partial charge in [-0.3, -0.25) is 0 Å². The van der Waals surface area contributed by atoms with E-state index < -0.39 is 0 Å². The van der Waals surface area contributed by atoms with E-state index in [0.29, 0.717) is 6.61 Å². The molecular weight excluding hydrogens is 259 g/mol. The predicted molar refractivity (Wildman–Crippen MR) is 77.3 cm³/mol. The van der Waals surface area contributed by atoms with Gasteiger partial charge in [0.25, 0.3) is 0 Å². The van der Waals surface area contributed by atoms with Gasteiger partial charge in [-0.15, -0.1) is 11.3 Å². The SMILES string of the molecule is Cc1ccccc1OCc1csc2ccc(F)cc12. The van der Waals surface area contributed by atoms with Crippen molar-refractivity contribution in [2.24, 2.45) is 0 Å². The average molecular weight is 272 g/mol. The van der Waals surface area contributed by atoms with Crippen LogP contribution in [0.4, 0.5) is 4.39 Å². The lowest BCUT2D eigenvalue weighted by atomic mass is 10.2. The Labute approximate surface area is 115 Å². The molecule has 19 heavy (non-hydrogen) atoms. The van der Waals surface area contributed by atoms with Gasteiger partial charge in [0.2, 0.25) is 0 Å². The molecular formula is C16H13FOS. The Balaban J connectivity index is 1.86. The molecule has 0 atom stereocenters. The number of ether oxygens (including phenoxy) is 1. The normalized spacial score (nSPS) is 10.8. The monoisotopic (exact) mass is 272 g/mol. The van der Waals surface area contributed by atoms with Gasteiger partial charge >= 0.3 is 0 Å². The molecule has 0 saturated carbocycles. The number of benzene rings is 2. The Morgan fingerprint density at radius 1 is 1.16 bits per heavy atom. The predicted octanol–water partition coefficient (Wildman–Crippen LogP) is 4.93. The lowest BCUT2D eigenvalue weighted by Gasteiger charge is -2.08. The van der Waals surface area contributed by atoms with E-state index in [4.69, 9.17) is 4.74 Å². The molecule has 3 rings (SSSR count). The van der Waals surface area contributed by atoms with Crippen molar-refractivity contribution in [1.29, 1.82) is 0 Å². The minimum Gasteiger partial charge on any atom is -0.489 e. The molecule has 0 unspecified atom stereocenters. The fourth-order valence-corrected chi connectivity index (χ4v) is 2.97. The highest BCUT2D eigenvalue weighted by Gasteiger charge is 2.06. The minimum atomic E-state index is -0.206. The van der Waals surface area contributed by atoms with Crippen LogP contribution in [0.15, 0.2) is 47.8 Å². The molecule has 1 heterocycles. The maximum Gasteiger partial charge on any atom is 0.123 e. The van der Waals surface area contributed by atoms with Gasteiger partial charge in [0.1, 0.15) is 18.2 Å². The van der Waals surface area contributed by atoms with E-state index in [2.05, 4.69) is 0 Å². The Morgan fingerprint density at radius 2 is 2.00 bits per heavy atom. The van der Waals surface area contributed by atoms with Gasteiger partial charge in [0.15, 0.2) is 0 Å². The molecule has 3 aromatic rings. The minimum absolute atomic E-state index is 0.206. The molecule has 0 spiro atoms. The highest BCUT2D eigenvalue weighted by atomic mass is 32.1. The molecule has 1 aromatic heterocycles. The maximum atomic E-state index is 13.3. The Kier molecular flexibility index (Phi) is 3.22. The van der Waals surface area contributed by atoms with Crippen LogP contribution in [0.1, 0.15) is 11.1 Å². The zero-order chi connectivity index (χ0) is 13.2. The summed E-state index contributed by atoms with van der Waals surface area (Å²) in [5, 5.41) is 2.97. The van der Waals surface area contributed by atoms with Crippen LogP contribution in [0.25, 0.3) is 10.1 Å². The van der Waals surface area contributed by atoms with Crippen molar-refractivity contribution in [2.75, 3.05) is 0 Å². The number of hydrogen-bond acceptors (Lipinski definition) is 2. The van der Waals surface area contributed by atoms with Crippen LogP contribution >= 0.6 is 11.3 Å². The molecule has 0 N–H and O–H groups in total. The zero-order valence-electron chi connectivity index (χ0n) is 10.5. The summed E-state index contributed by atoms with van der Waals surface area (Å²) in [6, 6.07) is 12.8. The standard InChI is InChI=1S/C16H13FOS/c1-11-4-2-3-5-15(11)18-9-12-10-19-16-7-6-13(17)8-14(12)16/h2-8,10H,9H2,1H3. The summed E-state index contributed by atoms with van der Waals surface area (Å²) in [4.78, 5) is 0. The molecule has 96 valence electrons. The van der Waals surface area contributed by atoms with Crippen molar-refractivity contribution in [1.82, 2.24) is 0 Å². The molecule has 0 fully saturated rings. The van der Waals surface area contributed by atoms with Crippen LogP contribution in [0.2, 0.25) is 0 Å². The Bertz CT molecular complexity index is 718. The van der Waals surface area contributed by atoms with Gasteiger partial charge in [-0.25, -0.2) is 4.39 Å². The fraction of sp³-hybridized carbons (Fsp3) is 0.125. The van der Waals surface area contributed by atoms with Gasteiger partial charge in [-0.2, -0.15) is 0 Å². The van der Waals surface area contributed by atoms with E-state index in [-0.39, 0.29) is 5.82 Å². The summed E-state index contributed by atoms with van der Waals surface area (Å²) in [7, 11) is 0. The second-order valence-electron chi connectivity index (χ2n) is 4.46. The first kappa shape index (κ1) is 12.2. The lowest BCUT2D eigenvalue weighted by Crippen LogP contribution is -1.96. The van der Waals surface area contributed by atoms with Crippen molar-refractivity contribution in [2.45, 2.75) is 13.5 Å². The van der Waals surface area contributed by atoms with Crippen molar-refractivity contribution >= 4 is 21.4 Å². The second kappa shape index (κ2) is 5.02. The van der Waals surface area contributed by atoms with Crippen molar-refractivity contribution in [3.63, 3.8) is 0 Å². The van der Waals surface area contributed by atoms with E-state index >= 15 is 0 Å². The third-order valence-electron chi connectivity index (χ3n) is 3.09. The van der Waals surface area contributed by atoms with Crippen LogP contribution in [0.5, 0.6) is 5.75 Å². The molecule has 0 aliphatic rings. The summed E-state index contributed by atoms with van der Waals surface area (Å²) >= 11 is 1.62. The molecule has 0 radical (unpaired) electrons. The van der Waals surface area contributed by atoms with Gasteiger partial charge in [0, 0.05) is 15.6 Å². The number of para-hydroxylation sites is 1. The first-order valence-corrected chi connectivity index (χ1v) is 6.96. The van der Waals surface area contributed by atoms with Crippen LogP contribution in [0, 0.1) is 12.7 Å². The molecule has 3 heteroatoms. The lowest BCUT2D eigenvalue weighted by molar-refractivity contribution is 0.306. The van der Waals surface area contributed by atoms with Crippen molar-refractivity contribution in [3.05, 3.63) is 64.8 Å². The number of fused-ring (bicyclic) bond motifs is 1. The van der Waals surface area contributed by atoms with Crippen LogP contribution in [0.3, 0.4) is 0 Å². The van der Waals surface area contributed by atoms with Gasteiger partial charge in [-0.1, -0.05) is 18.2 Å². The van der Waals surface area contributed by atoms with E-state index in [0.717, 1.165) is 27.0 Å². The molecule has 0 aliphatic heterocycles. The molecule has 0 bridgehead atoms. The summed E-state index contributed by atoms with van der Waals surface area (Å²) < 4.78 is 20.2. The molecule has 0 amide bonds. The topological polar surface area (TPSA) is 9.23 Å². The summed E-state index contributed by atoms with van der Waals surface area (Å²) in [6.45, 7) is 2.48. The van der Waals surface area contributed by atoms with Crippen LogP contribution in [-0.2, 0) is 6.61 Å². The summed E-state index contributed by atoms with van der Waals surface area (Å²) in [5.41, 5.74) is 2.14. The summed E-state index contributed by atoms with van der Waals surface area (Å²) in [5.74, 6) is 0.668. The van der Waals surface area contributed by atoms with Crippen LogP contribution in [-0.4, -0.2) is 0 Å². The third kappa shape index (κ3) is 2.47. The zero-order valence-corrected chi connectivity index (χ0v) is 11.3. The second-order valence-corrected chi connectivity index (χ2v) is 5.37. The number of rotatable bonds is 3. The van der Waals surface area contributed by atoms with Crippen LogP contribution < -0.4 is 4.74 Å². The Morgan fingerprint density at radius 3 is 2.84 bits per heavy atom. The quantitative estimate of drug-likeness (QED) is 0.657. The van der Waals surface area contributed by atoms with Crippen molar-refractivity contribution < 1.29 is 9.13 Å². The number of hydrogen-bond donors (Lipinski definition) is 0. The van der Waals surface area contributed by atoms with E-state index in [1.807, 2.05) is 42.6 Å². The Hall–Kier alpha value is -1.87.